The Morgan fingerprint density at radius 1 is 1.08 bits per heavy atom. The number of hydrogen-bond donors (Lipinski definition) is 1. The summed E-state index contributed by atoms with van der Waals surface area (Å²) in [5, 5.41) is 9.64. The van der Waals surface area contributed by atoms with Crippen molar-refractivity contribution in [2.45, 2.75) is 78.1 Å². The molecule has 0 amide bonds. The fraction of sp³-hybridized carbons (Fsp3) is 0.632. The smallest absolute Gasteiger partial charge is 0.303 e. The fourth-order valence-corrected chi connectivity index (χ4v) is 3.39. The van der Waals surface area contributed by atoms with Gasteiger partial charge in [0.1, 0.15) is 0 Å². The molecule has 0 saturated carbocycles. The third kappa shape index (κ3) is 8.96. The fourth-order valence-electron chi connectivity index (χ4n) is 2.52. The maximum atomic E-state index is 11.8. The van der Waals surface area contributed by atoms with Crippen LogP contribution in [0.5, 0.6) is 0 Å². The Balaban J connectivity index is 2.40. The summed E-state index contributed by atoms with van der Waals surface area (Å²) < 4.78 is 0. The average Bonchev–Trinajstić information content (AvgIpc) is 2.88. The van der Waals surface area contributed by atoms with Gasteiger partial charge in [0.2, 0.25) is 0 Å². The van der Waals surface area contributed by atoms with Crippen molar-refractivity contribution in [3.05, 3.63) is 21.7 Å². The molecule has 0 atom stereocenters. The number of aromatic nitrogens is 1. The molecule has 1 aromatic heterocycles. The van der Waals surface area contributed by atoms with Gasteiger partial charge < -0.3 is 5.11 Å². The highest BCUT2D eigenvalue weighted by Crippen LogP contribution is 2.22. The van der Waals surface area contributed by atoms with Crippen LogP contribution in [0, 0.1) is 6.92 Å². The Morgan fingerprint density at radius 2 is 1.79 bits per heavy atom. The van der Waals surface area contributed by atoms with Crippen molar-refractivity contribution in [2.75, 3.05) is 0 Å². The van der Waals surface area contributed by atoms with Crippen molar-refractivity contribution in [3.8, 4) is 0 Å². The lowest BCUT2D eigenvalue weighted by molar-refractivity contribution is -0.137. The number of allylic oxidation sites excluding steroid dienone is 1. The lowest BCUT2D eigenvalue weighted by Crippen LogP contribution is -1.94. The maximum Gasteiger partial charge on any atom is 0.303 e. The minimum Gasteiger partial charge on any atom is -0.481 e. The van der Waals surface area contributed by atoms with Crippen LogP contribution in [0.1, 0.15) is 80.3 Å². The van der Waals surface area contributed by atoms with Gasteiger partial charge in [0.05, 0.1) is 15.6 Å². The molecule has 1 N–H and O–H groups in total. The number of carboxylic acids is 1. The molecule has 0 aliphatic carbocycles. The molecule has 1 aromatic rings. The quantitative estimate of drug-likeness (QED) is 0.392. The van der Waals surface area contributed by atoms with Crippen LogP contribution in [-0.2, 0) is 16.0 Å². The molecule has 24 heavy (non-hydrogen) atoms. The summed E-state index contributed by atoms with van der Waals surface area (Å²) >= 11 is 1.63. The second kappa shape index (κ2) is 12.0. The Labute approximate surface area is 149 Å². The van der Waals surface area contributed by atoms with Gasteiger partial charge in [-0.1, -0.05) is 32.6 Å². The first-order chi connectivity index (χ1) is 11.5. The Hall–Kier alpha value is -1.49. The van der Waals surface area contributed by atoms with Crippen LogP contribution in [-0.4, -0.2) is 21.8 Å². The summed E-state index contributed by atoms with van der Waals surface area (Å²) in [6.45, 7) is 4.12. The van der Waals surface area contributed by atoms with E-state index in [1.165, 1.54) is 0 Å². The second-order valence-electron chi connectivity index (χ2n) is 6.11. The molecule has 0 aromatic carbocycles. The molecule has 0 unspecified atom stereocenters. The summed E-state index contributed by atoms with van der Waals surface area (Å²) in [4.78, 5) is 28.0. The van der Waals surface area contributed by atoms with Gasteiger partial charge in [0, 0.05) is 12.8 Å². The van der Waals surface area contributed by atoms with Crippen LogP contribution in [0.3, 0.4) is 0 Å². The van der Waals surface area contributed by atoms with Gasteiger partial charge in [-0.15, -0.1) is 11.3 Å². The van der Waals surface area contributed by atoms with E-state index in [-0.39, 0.29) is 12.2 Å². The van der Waals surface area contributed by atoms with Crippen LogP contribution >= 0.6 is 11.3 Å². The van der Waals surface area contributed by atoms with E-state index in [2.05, 4.69) is 11.9 Å². The maximum absolute atomic E-state index is 11.8. The summed E-state index contributed by atoms with van der Waals surface area (Å²) in [6.07, 6.45) is 12.3. The molecule has 134 valence electrons. The van der Waals surface area contributed by atoms with Crippen molar-refractivity contribution in [3.63, 3.8) is 0 Å². The predicted molar refractivity (Wildman–Crippen MR) is 99.5 cm³/mol. The molecule has 1 heterocycles. The standard InChI is InChI=1S/C19H29NO3S/c1-3-4-7-10-16(21)13-14-18-17(20-15(2)24-18)11-8-5-6-9-12-19(22)23/h13-14H,3-12H2,1-2H3,(H,22,23). The molecule has 0 bridgehead atoms. The van der Waals surface area contributed by atoms with Crippen molar-refractivity contribution >= 4 is 29.2 Å². The van der Waals surface area contributed by atoms with Crippen LogP contribution in [0.2, 0.25) is 0 Å². The van der Waals surface area contributed by atoms with Crippen LogP contribution in [0.4, 0.5) is 0 Å². The first kappa shape index (κ1) is 20.6. The lowest BCUT2D eigenvalue weighted by atomic mass is 10.1. The van der Waals surface area contributed by atoms with E-state index >= 15 is 0 Å². The zero-order chi connectivity index (χ0) is 17.8. The van der Waals surface area contributed by atoms with Crippen molar-refractivity contribution in [2.24, 2.45) is 0 Å². The number of carbonyl (C=O) groups excluding carboxylic acids is 1. The van der Waals surface area contributed by atoms with E-state index in [0.717, 1.165) is 66.9 Å². The summed E-state index contributed by atoms with van der Waals surface area (Å²) in [5.41, 5.74) is 1.06. The SMILES string of the molecule is CCCCCC(=O)C=Cc1sc(C)nc1CCCCCCC(=O)O. The zero-order valence-corrected chi connectivity index (χ0v) is 15.7. The number of carbonyl (C=O) groups is 2. The number of hydrogen-bond acceptors (Lipinski definition) is 4. The summed E-state index contributed by atoms with van der Waals surface area (Å²) in [6, 6.07) is 0. The van der Waals surface area contributed by atoms with Crippen molar-refractivity contribution in [1.82, 2.24) is 4.98 Å². The number of aryl methyl sites for hydroxylation is 2. The number of aliphatic carboxylic acids is 1. The Morgan fingerprint density at radius 3 is 2.50 bits per heavy atom. The third-order valence-corrected chi connectivity index (χ3v) is 4.81. The minimum absolute atomic E-state index is 0.189. The number of unbranched alkanes of at least 4 members (excludes halogenated alkanes) is 5. The third-order valence-electron chi connectivity index (χ3n) is 3.84. The highest BCUT2D eigenvalue weighted by molar-refractivity contribution is 7.12. The van der Waals surface area contributed by atoms with Crippen LogP contribution in [0.25, 0.3) is 6.08 Å². The number of nitrogens with zero attached hydrogens (tertiary/aromatic N) is 1. The van der Waals surface area contributed by atoms with Gasteiger partial charge in [0.15, 0.2) is 5.78 Å². The monoisotopic (exact) mass is 351 g/mol. The molecule has 0 aliphatic rings. The van der Waals surface area contributed by atoms with E-state index < -0.39 is 5.97 Å². The molecule has 5 heteroatoms. The van der Waals surface area contributed by atoms with Gasteiger partial charge in [-0.25, -0.2) is 4.98 Å². The van der Waals surface area contributed by atoms with Gasteiger partial charge in [-0.2, -0.15) is 0 Å². The largest absolute Gasteiger partial charge is 0.481 e. The summed E-state index contributed by atoms with van der Waals surface area (Å²) in [7, 11) is 0. The molecule has 0 saturated heterocycles. The normalized spacial score (nSPS) is 11.2. The van der Waals surface area contributed by atoms with Gasteiger partial charge in [-0.3, -0.25) is 9.59 Å². The van der Waals surface area contributed by atoms with Crippen molar-refractivity contribution < 1.29 is 14.7 Å². The number of thiazole rings is 1. The second-order valence-corrected chi connectivity index (χ2v) is 7.34. The average molecular weight is 352 g/mol. The van der Waals surface area contributed by atoms with E-state index in [1.807, 2.05) is 13.0 Å². The highest BCUT2D eigenvalue weighted by atomic mass is 32.1. The molecule has 0 aliphatic heterocycles. The Kier molecular flexibility index (Phi) is 10.2. The van der Waals surface area contributed by atoms with Gasteiger partial charge in [-0.05, 0) is 44.8 Å². The Bertz CT molecular complexity index is 549. The lowest BCUT2D eigenvalue weighted by Gasteiger charge is -2.00. The molecule has 0 spiro atoms. The summed E-state index contributed by atoms with van der Waals surface area (Å²) in [5.74, 6) is -0.532. The molecular formula is C19H29NO3S. The molecule has 1 rings (SSSR count). The number of carboxylic acid groups (broad SMARTS) is 1. The molecule has 4 nitrogen and oxygen atoms in total. The first-order valence-electron chi connectivity index (χ1n) is 8.92. The highest BCUT2D eigenvalue weighted by Gasteiger charge is 2.07. The van der Waals surface area contributed by atoms with E-state index in [1.54, 1.807) is 17.4 Å². The van der Waals surface area contributed by atoms with Crippen LogP contribution in [0.15, 0.2) is 6.08 Å². The molecular weight excluding hydrogens is 322 g/mol. The van der Waals surface area contributed by atoms with Crippen LogP contribution < -0.4 is 0 Å². The minimum atomic E-state index is -0.721. The first-order valence-corrected chi connectivity index (χ1v) is 9.73. The predicted octanol–water partition coefficient (Wildman–Crippen LogP) is 5.19. The van der Waals surface area contributed by atoms with Gasteiger partial charge >= 0.3 is 5.97 Å². The van der Waals surface area contributed by atoms with E-state index in [9.17, 15) is 9.59 Å². The van der Waals surface area contributed by atoms with E-state index in [4.69, 9.17) is 5.11 Å². The number of ketones is 1. The van der Waals surface area contributed by atoms with Crippen molar-refractivity contribution in [1.29, 1.82) is 0 Å². The van der Waals surface area contributed by atoms with E-state index in [0.29, 0.717) is 6.42 Å². The zero-order valence-electron chi connectivity index (χ0n) is 14.8. The topological polar surface area (TPSA) is 67.3 Å². The molecule has 0 radical (unpaired) electrons. The number of rotatable bonds is 13. The van der Waals surface area contributed by atoms with Gasteiger partial charge in [0.25, 0.3) is 0 Å². The molecule has 0 fully saturated rings.